The molecule has 6 heteroatoms. The molecular weight excluding hydrogens is 360 g/mol. The van der Waals surface area contributed by atoms with Crippen molar-refractivity contribution in [3.8, 4) is 0 Å². The summed E-state index contributed by atoms with van der Waals surface area (Å²) in [5, 5.41) is 6.77. The number of anilines is 2. The highest BCUT2D eigenvalue weighted by Crippen LogP contribution is 2.20. The zero-order valence-corrected chi connectivity index (χ0v) is 16.0. The Morgan fingerprint density at radius 2 is 1.81 bits per heavy atom. The molecule has 27 heavy (non-hydrogen) atoms. The first kappa shape index (κ1) is 18.9. The minimum Gasteiger partial charge on any atom is -0.370 e. The van der Waals surface area contributed by atoms with E-state index >= 15 is 0 Å². The van der Waals surface area contributed by atoms with E-state index in [1.54, 1.807) is 31.2 Å². The molecule has 2 N–H and O–H groups in total. The Hall–Kier alpha value is -2.92. The molecule has 0 aliphatic heterocycles. The highest BCUT2D eigenvalue weighted by molar-refractivity contribution is 6.30. The first-order chi connectivity index (χ1) is 13.0. The maximum Gasteiger partial charge on any atom is 0.274 e. The maximum absolute atomic E-state index is 12.6. The van der Waals surface area contributed by atoms with Crippen LogP contribution in [0.1, 0.15) is 27.4 Å². The van der Waals surface area contributed by atoms with Crippen molar-refractivity contribution >= 4 is 29.0 Å². The molecule has 2 aromatic carbocycles. The summed E-state index contributed by atoms with van der Waals surface area (Å²) < 4.78 is 0. The van der Waals surface area contributed by atoms with Crippen molar-refractivity contribution in [1.29, 1.82) is 0 Å². The minimum atomic E-state index is -0.281. The van der Waals surface area contributed by atoms with Crippen LogP contribution >= 0.6 is 11.6 Å². The number of halogens is 1. The van der Waals surface area contributed by atoms with Crippen molar-refractivity contribution in [2.24, 2.45) is 0 Å². The zero-order chi connectivity index (χ0) is 19.2. The van der Waals surface area contributed by atoms with Crippen molar-refractivity contribution < 1.29 is 4.79 Å². The van der Waals surface area contributed by atoms with E-state index in [0.29, 0.717) is 28.0 Å². The summed E-state index contributed by atoms with van der Waals surface area (Å²) >= 11 is 5.96. The topological polar surface area (TPSA) is 66.9 Å². The van der Waals surface area contributed by atoms with Gasteiger partial charge in [-0.25, -0.2) is 9.97 Å². The summed E-state index contributed by atoms with van der Waals surface area (Å²) in [5.74, 6) is 0.895. The lowest BCUT2D eigenvalue weighted by Gasteiger charge is -2.11. The lowest BCUT2D eigenvalue weighted by molar-refractivity contribution is 0.102. The zero-order valence-electron chi connectivity index (χ0n) is 15.3. The van der Waals surface area contributed by atoms with Crippen LogP contribution in [0.3, 0.4) is 0 Å². The third kappa shape index (κ3) is 5.28. The van der Waals surface area contributed by atoms with Gasteiger partial charge in [-0.2, -0.15) is 0 Å². The molecule has 3 aromatic rings. The van der Waals surface area contributed by atoms with Crippen molar-refractivity contribution in [3.05, 3.63) is 82.3 Å². The van der Waals surface area contributed by atoms with Gasteiger partial charge in [-0.05, 0) is 49.6 Å². The molecule has 0 saturated heterocycles. The number of carbonyl (C=O) groups is 1. The number of nitrogens with one attached hydrogen (secondary N) is 2. The van der Waals surface area contributed by atoms with Gasteiger partial charge < -0.3 is 10.6 Å². The average molecular weight is 381 g/mol. The van der Waals surface area contributed by atoms with Crippen LogP contribution in [-0.2, 0) is 6.42 Å². The van der Waals surface area contributed by atoms with Gasteiger partial charge in [-0.1, -0.05) is 41.9 Å². The van der Waals surface area contributed by atoms with E-state index in [2.05, 4.69) is 32.7 Å². The van der Waals surface area contributed by atoms with E-state index in [-0.39, 0.29) is 5.91 Å². The van der Waals surface area contributed by atoms with Crippen LogP contribution in [0.5, 0.6) is 0 Å². The van der Waals surface area contributed by atoms with E-state index in [9.17, 15) is 4.79 Å². The fourth-order valence-electron chi connectivity index (χ4n) is 2.71. The molecule has 0 saturated carbocycles. The van der Waals surface area contributed by atoms with E-state index in [1.807, 2.05) is 25.1 Å². The number of amides is 1. The lowest BCUT2D eigenvalue weighted by atomic mass is 10.1. The first-order valence-electron chi connectivity index (χ1n) is 8.72. The quantitative estimate of drug-likeness (QED) is 0.653. The van der Waals surface area contributed by atoms with Gasteiger partial charge in [0.05, 0.1) is 0 Å². The number of benzene rings is 2. The molecule has 138 valence electrons. The Kier molecular flexibility index (Phi) is 6.04. The molecule has 0 aliphatic rings. The maximum atomic E-state index is 12.6. The first-order valence-corrected chi connectivity index (χ1v) is 9.10. The van der Waals surface area contributed by atoms with Gasteiger partial charge >= 0.3 is 0 Å². The summed E-state index contributed by atoms with van der Waals surface area (Å²) in [6, 6.07) is 17.2. The largest absolute Gasteiger partial charge is 0.370 e. The Labute approximate surface area is 163 Å². The second-order valence-electron chi connectivity index (χ2n) is 6.26. The summed E-state index contributed by atoms with van der Waals surface area (Å²) in [7, 11) is 0. The van der Waals surface area contributed by atoms with Gasteiger partial charge in [-0.3, -0.25) is 4.79 Å². The number of aromatic nitrogens is 2. The van der Waals surface area contributed by atoms with Gasteiger partial charge in [0, 0.05) is 23.3 Å². The molecule has 1 heterocycles. The molecule has 0 aliphatic carbocycles. The Morgan fingerprint density at radius 1 is 1.04 bits per heavy atom. The second kappa shape index (κ2) is 8.64. The molecule has 1 amide bonds. The van der Waals surface area contributed by atoms with Gasteiger partial charge in [0.15, 0.2) is 0 Å². The molecule has 0 spiro atoms. The highest BCUT2D eigenvalue weighted by Gasteiger charge is 2.12. The van der Waals surface area contributed by atoms with Gasteiger partial charge in [-0.15, -0.1) is 0 Å². The summed E-state index contributed by atoms with van der Waals surface area (Å²) in [6.07, 6.45) is 0.870. The third-order valence-corrected chi connectivity index (χ3v) is 4.30. The number of hydrogen-bond acceptors (Lipinski definition) is 4. The number of nitrogens with zero attached hydrogens (tertiary/aromatic N) is 2. The normalized spacial score (nSPS) is 10.5. The van der Waals surface area contributed by atoms with Crippen LogP contribution in [0.2, 0.25) is 5.02 Å². The highest BCUT2D eigenvalue weighted by atomic mass is 35.5. The van der Waals surface area contributed by atoms with Crippen LogP contribution in [0, 0.1) is 13.8 Å². The van der Waals surface area contributed by atoms with Crippen LogP contribution in [0.15, 0.2) is 54.6 Å². The standard InChI is InChI=1S/C21H21ClN4O/c1-14-12-17(22)8-9-18(14)26-21(27)19-13-20(25-15(2)24-19)23-11-10-16-6-4-3-5-7-16/h3-9,12-13H,10-11H2,1-2H3,(H,26,27)(H,23,24,25). The van der Waals surface area contributed by atoms with Gasteiger partial charge in [0.25, 0.3) is 5.91 Å². The SMILES string of the molecule is Cc1nc(NCCc2ccccc2)cc(C(=O)Nc2ccc(Cl)cc2C)n1. The van der Waals surface area contributed by atoms with E-state index in [4.69, 9.17) is 11.6 Å². The monoisotopic (exact) mass is 380 g/mol. The Bertz CT molecular complexity index is 944. The molecule has 1 aromatic heterocycles. The summed E-state index contributed by atoms with van der Waals surface area (Å²) in [4.78, 5) is 21.2. The van der Waals surface area contributed by atoms with Gasteiger partial charge in [0.2, 0.25) is 0 Å². The number of rotatable bonds is 6. The number of aryl methyl sites for hydroxylation is 2. The molecule has 3 rings (SSSR count). The predicted molar refractivity (Wildman–Crippen MR) is 110 cm³/mol. The summed E-state index contributed by atoms with van der Waals surface area (Å²) in [5.41, 5.74) is 3.16. The van der Waals surface area contributed by atoms with Gasteiger partial charge in [0.1, 0.15) is 17.3 Å². The Morgan fingerprint density at radius 3 is 2.56 bits per heavy atom. The van der Waals surface area contributed by atoms with Crippen LogP contribution in [0.25, 0.3) is 0 Å². The third-order valence-electron chi connectivity index (χ3n) is 4.07. The van der Waals surface area contributed by atoms with Crippen LogP contribution in [-0.4, -0.2) is 22.4 Å². The van der Waals surface area contributed by atoms with Crippen molar-refractivity contribution in [2.45, 2.75) is 20.3 Å². The number of hydrogen-bond donors (Lipinski definition) is 2. The molecular formula is C21H21ClN4O. The van der Waals surface area contributed by atoms with Crippen molar-refractivity contribution in [2.75, 3.05) is 17.2 Å². The molecule has 0 fully saturated rings. The Balaban J connectivity index is 1.67. The molecule has 0 bridgehead atoms. The van der Waals surface area contributed by atoms with Crippen molar-refractivity contribution in [1.82, 2.24) is 9.97 Å². The minimum absolute atomic E-state index is 0.281. The molecule has 0 radical (unpaired) electrons. The fraction of sp³-hybridized carbons (Fsp3) is 0.190. The average Bonchev–Trinajstić information content (AvgIpc) is 2.64. The fourth-order valence-corrected chi connectivity index (χ4v) is 2.93. The van der Waals surface area contributed by atoms with Crippen LogP contribution in [0.4, 0.5) is 11.5 Å². The van der Waals surface area contributed by atoms with Crippen molar-refractivity contribution in [3.63, 3.8) is 0 Å². The molecule has 0 unspecified atom stereocenters. The van der Waals surface area contributed by atoms with E-state index in [0.717, 1.165) is 18.5 Å². The van der Waals surface area contributed by atoms with E-state index < -0.39 is 0 Å². The molecule has 5 nitrogen and oxygen atoms in total. The number of carbonyl (C=O) groups excluding carboxylic acids is 1. The second-order valence-corrected chi connectivity index (χ2v) is 6.70. The van der Waals surface area contributed by atoms with E-state index in [1.165, 1.54) is 5.56 Å². The lowest BCUT2D eigenvalue weighted by Crippen LogP contribution is -2.17. The predicted octanol–water partition coefficient (Wildman–Crippen LogP) is 4.65. The molecule has 0 atom stereocenters. The smallest absolute Gasteiger partial charge is 0.274 e. The van der Waals surface area contributed by atoms with Crippen LogP contribution < -0.4 is 10.6 Å². The summed E-state index contributed by atoms with van der Waals surface area (Å²) in [6.45, 7) is 4.38.